The Bertz CT molecular complexity index is 1370. The Morgan fingerprint density at radius 3 is 1.89 bits per heavy atom. The monoisotopic (exact) mass is 481 g/mol. The molecule has 9 heteroatoms. The summed E-state index contributed by atoms with van der Waals surface area (Å²) in [6.45, 7) is 10.2. The topological polar surface area (TPSA) is 104 Å². The van der Waals surface area contributed by atoms with Crippen LogP contribution in [0.15, 0.2) is 67.0 Å². The highest BCUT2D eigenvalue weighted by atomic mass is 15.4. The number of rotatable bonds is 7. The molecule has 1 unspecified atom stereocenters. The van der Waals surface area contributed by atoms with Crippen LogP contribution >= 0.6 is 0 Å². The summed E-state index contributed by atoms with van der Waals surface area (Å²) in [5.74, 6) is 1.26. The van der Waals surface area contributed by atoms with E-state index in [1.54, 1.807) is 9.36 Å². The van der Waals surface area contributed by atoms with Gasteiger partial charge in [-0.2, -0.15) is 25.1 Å². The molecule has 4 aromatic rings. The smallest absolute Gasteiger partial charge is 0.255 e. The van der Waals surface area contributed by atoms with Crippen molar-refractivity contribution in [1.29, 1.82) is 0 Å². The van der Waals surface area contributed by atoms with Crippen LogP contribution in [-0.2, 0) is 5.54 Å². The van der Waals surface area contributed by atoms with Gasteiger partial charge in [0.05, 0.1) is 16.9 Å². The zero-order valence-corrected chi connectivity index (χ0v) is 21.1. The number of hydrogen-bond acceptors (Lipinski definition) is 7. The standard InChI is InChI=1S/C27H31N9/c1-5-34(6-2)23-9-7-21(8-10-23)22-11-15-27(28,16-12-22)24-29-25(35-17-13-19(3)32-35)31-26(30-24)36-18-14-20(4)33-36/h7-15,17-18H,5-6,16,28H2,1-4H3. The van der Waals surface area contributed by atoms with Gasteiger partial charge in [-0.05, 0) is 69.5 Å². The number of nitrogens with zero attached hydrogens (tertiary/aromatic N) is 8. The van der Waals surface area contributed by atoms with Crippen molar-refractivity contribution in [3.05, 3.63) is 89.8 Å². The molecule has 0 radical (unpaired) electrons. The van der Waals surface area contributed by atoms with Gasteiger partial charge in [-0.15, -0.1) is 0 Å². The van der Waals surface area contributed by atoms with Crippen LogP contribution in [0.5, 0.6) is 0 Å². The lowest BCUT2D eigenvalue weighted by Crippen LogP contribution is -2.38. The van der Waals surface area contributed by atoms with E-state index in [4.69, 9.17) is 15.7 Å². The van der Waals surface area contributed by atoms with E-state index in [9.17, 15) is 0 Å². The molecule has 9 nitrogen and oxygen atoms in total. The number of hydrogen-bond donors (Lipinski definition) is 1. The van der Waals surface area contributed by atoms with Gasteiger partial charge in [-0.1, -0.05) is 30.4 Å². The zero-order valence-electron chi connectivity index (χ0n) is 21.1. The summed E-state index contributed by atoms with van der Waals surface area (Å²) in [5, 5.41) is 8.95. The van der Waals surface area contributed by atoms with E-state index < -0.39 is 5.54 Å². The number of nitrogens with two attached hydrogens (primary N) is 1. The van der Waals surface area contributed by atoms with E-state index in [0.717, 1.165) is 35.6 Å². The molecule has 0 bridgehead atoms. The number of anilines is 1. The van der Waals surface area contributed by atoms with Crippen molar-refractivity contribution in [3.63, 3.8) is 0 Å². The first-order valence-electron chi connectivity index (χ1n) is 12.2. The van der Waals surface area contributed by atoms with Crippen LogP contribution in [0, 0.1) is 13.8 Å². The van der Waals surface area contributed by atoms with Crippen molar-refractivity contribution in [2.45, 2.75) is 39.7 Å². The fourth-order valence-electron chi connectivity index (χ4n) is 4.31. The van der Waals surface area contributed by atoms with E-state index in [0.29, 0.717) is 24.1 Å². The summed E-state index contributed by atoms with van der Waals surface area (Å²) in [5.41, 5.74) is 11.2. The Morgan fingerprint density at radius 2 is 1.44 bits per heavy atom. The van der Waals surface area contributed by atoms with Crippen LogP contribution in [0.2, 0.25) is 0 Å². The van der Waals surface area contributed by atoms with Gasteiger partial charge < -0.3 is 10.6 Å². The minimum atomic E-state index is -0.887. The molecule has 0 aliphatic heterocycles. The van der Waals surface area contributed by atoms with Gasteiger partial charge in [-0.25, -0.2) is 9.36 Å². The summed E-state index contributed by atoms with van der Waals surface area (Å²) < 4.78 is 3.27. The van der Waals surface area contributed by atoms with Gasteiger partial charge >= 0.3 is 0 Å². The number of allylic oxidation sites excluding steroid dienone is 2. The van der Waals surface area contributed by atoms with Crippen LogP contribution in [0.4, 0.5) is 5.69 Å². The molecule has 5 rings (SSSR count). The molecule has 0 saturated carbocycles. The van der Waals surface area contributed by atoms with E-state index in [1.807, 2.05) is 44.4 Å². The van der Waals surface area contributed by atoms with Crippen LogP contribution in [-0.4, -0.2) is 47.6 Å². The molecule has 1 aliphatic rings. The van der Waals surface area contributed by atoms with Gasteiger partial charge in [0.2, 0.25) is 0 Å². The fourth-order valence-corrected chi connectivity index (χ4v) is 4.31. The average molecular weight is 482 g/mol. The van der Waals surface area contributed by atoms with Gasteiger partial charge in [-0.3, -0.25) is 0 Å². The molecule has 0 fully saturated rings. The zero-order chi connectivity index (χ0) is 25.3. The second kappa shape index (κ2) is 9.50. The highest BCUT2D eigenvalue weighted by Crippen LogP contribution is 2.32. The first-order chi connectivity index (χ1) is 17.4. The third kappa shape index (κ3) is 4.57. The first kappa shape index (κ1) is 23.6. The lowest BCUT2D eigenvalue weighted by molar-refractivity contribution is 0.515. The maximum Gasteiger partial charge on any atom is 0.255 e. The second-order valence-electron chi connectivity index (χ2n) is 9.02. The normalized spacial score (nSPS) is 17.3. The summed E-state index contributed by atoms with van der Waals surface area (Å²) >= 11 is 0. The van der Waals surface area contributed by atoms with E-state index in [-0.39, 0.29) is 0 Å². The lowest BCUT2D eigenvalue weighted by atomic mass is 9.86. The number of aromatic nitrogens is 7. The molecule has 0 spiro atoms. The van der Waals surface area contributed by atoms with Gasteiger partial charge in [0.25, 0.3) is 11.9 Å². The molecule has 36 heavy (non-hydrogen) atoms. The lowest BCUT2D eigenvalue weighted by Gasteiger charge is -2.27. The van der Waals surface area contributed by atoms with Gasteiger partial charge in [0.1, 0.15) is 0 Å². The first-order valence-corrected chi connectivity index (χ1v) is 12.2. The molecule has 1 aliphatic carbocycles. The Morgan fingerprint density at radius 1 is 0.861 bits per heavy atom. The summed E-state index contributed by atoms with van der Waals surface area (Å²) in [6.07, 6.45) is 10.4. The van der Waals surface area contributed by atoms with Crippen molar-refractivity contribution < 1.29 is 0 Å². The predicted octanol–water partition coefficient (Wildman–Crippen LogP) is 3.90. The molecule has 0 saturated heterocycles. The maximum absolute atomic E-state index is 6.87. The van der Waals surface area contributed by atoms with Crippen molar-refractivity contribution in [2.24, 2.45) is 5.73 Å². The van der Waals surface area contributed by atoms with E-state index in [2.05, 4.69) is 70.3 Å². The molecule has 3 heterocycles. The molecule has 3 aromatic heterocycles. The SMILES string of the molecule is CCN(CC)c1ccc(C2=CCC(N)(c3nc(-n4ccc(C)n4)nc(-n4ccc(C)n4)n3)C=C2)cc1. The van der Waals surface area contributed by atoms with Crippen molar-refractivity contribution in [1.82, 2.24) is 34.5 Å². The quantitative estimate of drug-likeness (QED) is 0.427. The summed E-state index contributed by atoms with van der Waals surface area (Å²) in [7, 11) is 0. The third-order valence-corrected chi connectivity index (χ3v) is 6.43. The highest BCUT2D eigenvalue weighted by Gasteiger charge is 2.31. The van der Waals surface area contributed by atoms with Crippen molar-refractivity contribution in [3.8, 4) is 11.9 Å². The van der Waals surface area contributed by atoms with Crippen LogP contribution in [0.3, 0.4) is 0 Å². The molecular weight excluding hydrogens is 450 g/mol. The Kier molecular flexibility index (Phi) is 6.24. The summed E-state index contributed by atoms with van der Waals surface area (Å²) in [4.78, 5) is 16.4. The van der Waals surface area contributed by atoms with E-state index >= 15 is 0 Å². The molecule has 1 aromatic carbocycles. The predicted molar refractivity (Wildman–Crippen MR) is 141 cm³/mol. The number of aryl methyl sites for hydroxylation is 2. The highest BCUT2D eigenvalue weighted by molar-refractivity contribution is 5.76. The largest absolute Gasteiger partial charge is 0.372 e. The molecule has 0 amide bonds. The van der Waals surface area contributed by atoms with Gasteiger partial charge in [0.15, 0.2) is 5.82 Å². The Hall–Kier alpha value is -4.11. The van der Waals surface area contributed by atoms with Crippen LogP contribution < -0.4 is 10.6 Å². The van der Waals surface area contributed by atoms with Crippen molar-refractivity contribution >= 4 is 11.3 Å². The van der Waals surface area contributed by atoms with Crippen molar-refractivity contribution in [2.75, 3.05) is 18.0 Å². The minimum absolute atomic E-state index is 0.399. The minimum Gasteiger partial charge on any atom is -0.372 e. The molecule has 2 N–H and O–H groups in total. The van der Waals surface area contributed by atoms with Crippen LogP contribution in [0.25, 0.3) is 17.5 Å². The Labute approximate surface area is 211 Å². The second-order valence-corrected chi connectivity index (χ2v) is 9.02. The van der Waals surface area contributed by atoms with Crippen LogP contribution in [0.1, 0.15) is 43.0 Å². The average Bonchev–Trinajstić information content (AvgIpc) is 3.54. The molecular formula is C27H31N9. The maximum atomic E-state index is 6.87. The summed E-state index contributed by atoms with van der Waals surface area (Å²) in [6, 6.07) is 12.5. The van der Waals surface area contributed by atoms with E-state index in [1.165, 1.54) is 5.69 Å². The van der Waals surface area contributed by atoms with Gasteiger partial charge in [0, 0.05) is 31.2 Å². The number of benzene rings is 1. The third-order valence-electron chi connectivity index (χ3n) is 6.43. The molecule has 184 valence electrons. The fraction of sp³-hybridized carbons (Fsp3) is 0.296. The Balaban J connectivity index is 1.47. The molecule has 1 atom stereocenters.